The fraction of sp³-hybridized carbons (Fsp3) is 0.409. The van der Waals surface area contributed by atoms with Crippen LogP contribution in [0, 0.1) is 0 Å². The Labute approximate surface area is 163 Å². The highest BCUT2D eigenvalue weighted by Gasteiger charge is 2.54. The van der Waals surface area contributed by atoms with Gasteiger partial charge in [-0.1, -0.05) is 48.5 Å². The highest BCUT2D eigenvalue weighted by Crippen LogP contribution is 2.44. The van der Waals surface area contributed by atoms with Gasteiger partial charge in [-0.3, -0.25) is 0 Å². The normalized spacial score (nSPS) is 25.5. The molecule has 0 saturated carbocycles. The molecular weight excluding hydrogens is 358 g/mol. The molecule has 1 N–H and O–H groups in total. The summed E-state index contributed by atoms with van der Waals surface area (Å²) in [4.78, 5) is 12.3. The summed E-state index contributed by atoms with van der Waals surface area (Å²) < 4.78 is 22.2. The smallest absolute Gasteiger partial charge is 0.407 e. The Morgan fingerprint density at radius 3 is 2.39 bits per heavy atom. The molecule has 2 saturated heterocycles. The number of hydrogen-bond acceptors (Lipinski definition) is 5. The monoisotopic (exact) mass is 381 g/mol. The van der Waals surface area contributed by atoms with E-state index in [0.29, 0.717) is 19.8 Å². The van der Waals surface area contributed by atoms with Crippen LogP contribution in [-0.4, -0.2) is 57.4 Å². The van der Waals surface area contributed by atoms with E-state index in [1.807, 2.05) is 24.3 Å². The molecule has 2 heterocycles. The Morgan fingerprint density at radius 2 is 1.82 bits per heavy atom. The predicted octanol–water partition coefficient (Wildman–Crippen LogP) is 2.71. The summed E-state index contributed by atoms with van der Waals surface area (Å²) in [6.07, 6.45) is -0.552. The van der Waals surface area contributed by atoms with Gasteiger partial charge in [0.25, 0.3) is 0 Å². The first-order valence-electron chi connectivity index (χ1n) is 9.65. The van der Waals surface area contributed by atoms with Crippen LogP contribution in [0.5, 0.6) is 0 Å². The number of nitrogens with one attached hydrogen (secondary N) is 1. The number of carbonyl (C=O) groups is 1. The number of rotatable bonds is 6. The third kappa shape index (κ3) is 3.07. The number of fused-ring (bicyclic) bond motifs is 4. The molecule has 1 aliphatic carbocycles. The van der Waals surface area contributed by atoms with Crippen LogP contribution in [0.2, 0.25) is 0 Å². The lowest BCUT2D eigenvalue weighted by atomic mass is 9.98. The van der Waals surface area contributed by atoms with Crippen LogP contribution in [0.4, 0.5) is 4.79 Å². The van der Waals surface area contributed by atoms with E-state index in [-0.39, 0.29) is 30.3 Å². The lowest BCUT2D eigenvalue weighted by Crippen LogP contribution is -2.43. The molecule has 6 heteroatoms. The van der Waals surface area contributed by atoms with Crippen molar-refractivity contribution in [2.45, 2.75) is 30.3 Å². The van der Waals surface area contributed by atoms with Crippen molar-refractivity contribution in [3.8, 4) is 11.1 Å². The maximum atomic E-state index is 12.3. The van der Waals surface area contributed by atoms with Crippen LogP contribution >= 0.6 is 0 Å². The van der Waals surface area contributed by atoms with Crippen LogP contribution in [0.1, 0.15) is 17.0 Å². The third-order valence-electron chi connectivity index (χ3n) is 5.86. The average molecular weight is 381 g/mol. The summed E-state index contributed by atoms with van der Waals surface area (Å²) in [5, 5.41) is 2.80. The standard InChI is InChI=1S/C22H23NO5/c1-25-18(20-21-19(28-21)12-26-20)10-23-22(24)27-11-17-15-8-4-2-6-13(15)14-7-3-5-9-16(14)17/h2-9,17-21H,10-12H2,1H3,(H,23,24)/t18-,19-,20-,21-/m1/s1. The van der Waals surface area contributed by atoms with Gasteiger partial charge in [0.2, 0.25) is 0 Å². The molecule has 0 bridgehead atoms. The molecule has 146 valence electrons. The number of ether oxygens (including phenoxy) is 4. The summed E-state index contributed by atoms with van der Waals surface area (Å²) in [6.45, 7) is 1.22. The van der Waals surface area contributed by atoms with E-state index in [2.05, 4.69) is 29.6 Å². The van der Waals surface area contributed by atoms with Crippen molar-refractivity contribution >= 4 is 6.09 Å². The minimum atomic E-state index is -0.449. The van der Waals surface area contributed by atoms with Crippen LogP contribution in [0.3, 0.4) is 0 Å². The predicted molar refractivity (Wildman–Crippen MR) is 102 cm³/mol. The van der Waals surface area contributed by atoms with Crippen molar-refractivity contribution in [3.63, 3.8) is 0 Å². The van der Waals surface area contributed by atoms with Crippen LogP contribution in [-0.2, 0) is 18.9 Å². The van der Waals surface area contributed by atoms with E-state index < -0.39 is 6.09 Å². The van der Waals surface area contributed by atoms with Crippen molar-refractivity contribution in [2.24, 2.45) is 0 Å². The molecule has 3 aliphatic rings. The number of benzene rings is 2. The Balaban J connectivity index is 1.20. The average Bonchev–Trinajstić information content (AvgIpc) is 3.28. The van der Waals surface area contributed by atoms with Crippen LogP contribution in [0.15, 0.2) is 48.5 Å². The summed E-state index contributed by atoms with van der Waals surface area (Å²) in [5.41, 5.74) is 4.82. The molecule has 6 nitrogen and oxygen atoms in total. The number of alkyl carbamates (subject to hydrolysis) is 1. The zero-order valence-corrected chi connectivity index (χ0v) is 15.7. The van der Waals surface area contributed by atoms with Gasteiger partial charge in [0.05, 0.1) is 6.61 Å². The minimum absolute atomic E-state index is 0.0511. The summed E-state index contributed by atoms with van der Waals surface area (Å²) >= 11 is 0. The molecule has 2 fully saturated rings. The van der Waals surface area contributed by atoms with Gasteiger partial charge in [-0.2, -0.15) is 0 Å². The van der Waals surface area contributed by atoms with Crippen molar-refractivity contribution < 1.29 is 23.7 Å². The summed E-state index contributed by atoms with van der Waals surface area (Å²) in [5.74, 6) is 0.0511. The van der Waals surface area contributed by atoms with Crippen molar-refractivity contribution in [2.75, 3.05) is 26.9 Å². The highest BCUT2D eigenvalue weighted by molar-refractivity contribution is 5.79. The van der Waals surface area contributed by atoms with E-state index >= 15 is 0 Å². The van der Waals surface area contributed by atoms with Gasteiger partial charge in [-0.05, 0) is 22.3 Å². The minimum Gasteiger partial charge on any atom is -0.449 e. The van der Waals surface area contributed by atoms with E-state index in [1.54, 1.807) is 7.11 Å². The quantitative estimate of drug-likeness (QED) is 0.779. The first kappa shape index (κ1) is 17.7. The number of carbonyl (C=O) groups excluding carboxylic acids is 1. The van der Waals surface area contributed by atoms with Gasteiger partial charge >= 0.3 is 6.09 Å². The molecule has 5 rings (SSSR count). The van der Waals surface area contributed by atoms with Crippen molar-refractivity contribution in [1.29, 1.82) is 0 Å². The molecule has 0 radical (unpaired) electrons. The second-order valence-electron chi connectivity index (χ2n) is 7.42. The van der Waals surface area contributed by atoms with E-state index in [0.717, 1.165) is 0 Å². The van der Waals surface area contributed by atoms with Gasteiger partial charge in [-0.25, -0.2) is 4.79 Å². The zero-order chi connectivity index (χ0) is 19.1. The molecule has 1 amide bonds. The SMILES string of the molecule is CO[C@H](CNC(=O)OCC1c2ccccc2-c2ccccc21)[C@H]1OC[C@H]2O[C@@H]12. The van der Waals surface area contributed by atoms with E-state index in [1.165, 1.54) is 22.3 Å². The lowest BCUT2D eigenvalue weighted by molar-refractivity contribution is -0.0630. The van der Waals surface area contributed by atoms with E-state index in [4.69, 9.17) is 18.9 Å². The summed E-state index contributed by atoms with van der Waals surface area (Å²) in [6, 6.07) is 16.6. The third-order valence-corrected chi connectivity index (χ3v) is 5.86. The maximum Gasteiger partial charge on any atom is 0.407 e. The first-order chi connectivity index (χ1) is 13.8. The molecule has 0 aromatic heterocycles. The van der Waals surface area contributed by atoms with Crippen molar-refractivity contribution in [3.05, 3.63) is 59.7 Å². The Kier molecular flexibility index (Phi) is 4.55. The van der Waals surface area contributed by atoms with Crippen LogP contribution in [0.25, 0.3) is 11.1 Å². The van der Waals surface area contributed by atoms with Gasteiger partial charge < -0.3 is 24.3 Å². The Bertz CT molecular complexity index is 839. The van der Waals surface area contributed by atoms with Gasteiger partial charge in [0, 0.05) is 19.6 Å². The van der Waals surface area contributed by atoms with Gasteiger partial charge in [0.1, 0.15) is 31.0 Å². The molecule has 2 aliphatic heterocycles. The molecule has 2 aromatic rings. The number of epoxide rings is 1. The van der Waals surface area contributed by atoms with Crippen molar-refractivity contribution in [1.82, 2.24) is 5.32 Å². The molecule has 0 spiro atoms. The molecule has 0 unspecified atom stereocenters. The fourth-order valence-electron chi connectivity index (χ4n) is 4.37. The molecule has 28 heavy (non-hydrogen) atoms. The Morgan fingerprint density at radius 1 is 1.14 bits per heavy atom. The highest BCUT2D eigenvalue weighted by atomic mass is 16.7. The lowest BCUT2D eigenvalue weighted by Gasteiger charge is -2.23. The largest absolute Gasteiger partial charge is 0.449 e. The number of hydrogen-bond donors (Lipinski definition) is 1. The topological polar surface area (TPSA) is 69.3 Å². The molecular formula is C22H23NO5. The second kappa shape index (κ2) is 7.20. The van der Waals surface area contributed by atoms with Gasteiger partial charge in [-0.15, -0.1) is 0 Å². The zero-order valence-electron chi connectivity index (χ0n) is 15.7. The maximum absolute atomic E-state index is 12.3. The molecule has 4 atom stereocenters. The fourth-order valence-corrected chi connectivity index (χ4v) is 4.37. The number of methoxy groups -OCH3 is 1. The van der Waals surface area contributed by atoms with E-state index in [9.17, 15) is 4.79 Å². The number of amides is 1. The first-order valence-corrected chi connectivity index (χ1v) is 9.65. The Hall–Kier alpha value is -2.41. The summed E-state index contributed by atoms with van der Waals surface area (Å²) in [7, 11) is 1.61. The molecule has 2 aromatic carbocycles. The second-order valence-corrected chi connectivity index (χ2v) is 7.42. The van der Waals surface area contributed by atoms with Crippen LogP contribution < -0.4 is 5.32 Å². The van der Waals surface area contributed by atoms with Gasteiger partial charge in [0.15, 0.2) is 0 Å².